The number of aromatic nitrogens is 2. The van der Waals surface area contributed by atoms with Gasteiger partial charge in [0.05, 0.1) is 14.4 Å². The van der Waals surface area contributed by atoms with Crippen LogP contribution in [0.25, 0.3) is 11.3 Å². The third kappa shape index (κ3) is 4.13. The molecule has 24 heavy (non-hydrogen) atoms. The highest BCUT2D eigenvalue weighted by atomic mass is 79.9. The van der Waals surface area contributed by atoms with E-state index in [1.165, 1.54) is 11.3 Å². The number of thiophene rings is 1. The van der Waals surface area contributed by atoms with Gasteiger partial charge in [-0.1, -0.05) is 30.3 Å². The van der Waals surface area contributed by atoms with Crippen molar-refractivity contribution in [1.82, 2.24) is 15.1 Å². The molecule has 2 heterocycles. The van der Waals surface area contributed by atoms with Gasteiger partial charge in [0.15, 0.2) is 0 Å². The van der Waals surface area contributed by atoms with Gasteiger partial charge < -0.3 is 4.90 Å². The van der Waals surface area contributed by atoms with E-state index in [9.17, 15) is 4.79 Å². The highest BCUT2D eigenvalue weighted by Crippen LogP contribution is 2.23. The van der Waals surface area contributed by atoms with Crippen LogP contribution in [-0.4, -0.2) is 34.6 Å². The maximum Gasteiger partial charge on any atom is 0.263 e. The van der Waals surface area contributed by atoms with Gasteiger partial charge in [-0.2, -0.15) is 5.10 Å². The fourth-order valence-corrected chi connectivity index (χ4v) is 3.85. The Hall–Kier alpha value is -1.92. The molecule has 0 aliphatic heterocycles. The second-order valence-electron chi connectivity index (χ2n) is 5.58. The number of carbonyl (C=O) groups is 1. The van der Waals surface area contributed by atoms with Crippen LogP contribution in [0, 0.1) is 0 Å². The average molecular weight is 404 g/mol. The Balaban J connectivity index is 1.51. The lowest BCUT2D eigenvalue weighted by Gasteiger charge is -2.15. The van der Waals surface area contributed by atoms with Crippen LogP contribution in [0.1, 0.15) is 21.8 Å². The highest BCUT2D eigenvalue weighted by Gasteiger charge is 2.13. The van der Waals surface area contributed by atoms with Gasteiger partial charge >= 0.3 is 0 Å². The van der Waals surface area contributed by atoms with Crippen LogP contribution >= 0.6 is 27.3 Å². The molecule has 0 bridgehead atoms. The lowest BCUT2D eigenvalue weighted by molar-refractivity contribution is 0.0798. The van der Waals surface area contributed by atoms with Crippen LogP contribution < -0.4 is 0 Å². The van der Waals surface area contributed by atoms with Crippen molar-refractivity contribution in [3.63, 3.8) is 0 Å². The third-order valence-electron chi connectivity index (χ3n) is 3.77. The number of nitrogens with zero attached hydrogens (tertiary/aromatic N) is 2. The maximum absolute atomic E-state index is 12.3. The number of halogens is 1. The maximum atomic E-state index is 12.3. The number of aromatic amines is 1. The first-order valence-electron chi connectivity index (χ1n) is 7.74. The topological polar surface area (TPSA) is 49.0 Å². The van der Waals surface area contributed by atoms with Crippen molar-refractivity contribution in [3.05, 3.63) is 62.9 Å². The lowest BCUT2D eigenvalue weighted by Crippen LogP contribution is -2.27. The first-order chi connectivity index (χ1) is 11.6. The zero-order valence-corrected chi connectivity index (χ0v) is 15.7. The molecule has 0 aliphatic carbocycles. The van der Waals surface area contributed by atoms with Crippen molar-refractivity contribution in [2.24, 2.45) is 0 Å². The van der Waals surface area contributed by atoms with Gasteiger partial charge in [-0.3, -0.25) is 9.89 Å². The Morgan fingerprint density at radius 1 is 1.25 bits per heavy atom. The first kappa shape index (κ1) is 16.9. The quantitative estimate of drug-likeness (QED) is 0.653. The van der Waals surface area contributed by atoms with Crippen molar-refractivity contribution in [2.45, 2.75) is 12.8 Å². The standard InChI is InChI=1S/C18H18BrN3OS/c1-22(18(23)16-9-10-17(19)24-16)11-5-8-14-12-15(21-20-14)13-6-3-2-4-7-13/h2-4,6-7,9-10,12H,5,8,11H2,1H3,(H,20,21). The second-order valence-corrected chi connectivity index (χ2v) is 8.04. The molecule has 0 atom stereocenters. The van der Waals surface area contributed by atoms with Gasteiger partial charge in [0, 0.05) is 24.8 Å². The number of rotatable bonds is 6. The van der Waals surface area contributed by atoms with Crippen LogP contribution in [0.2, 0.25) is 0 Å². The SMILES string of the molecule is CN(CCCc1cc(-c2ccccc2)n[nH]1)C(=O)c1ccc(Br)s1. The predicted molar refractivity (Wildman–Crippen MR) is 101 cm³/mol. The van der Waals surface area contributed by atoms with Gasteiger partial charge in [0.2, 0.25) is 0 Å². The molecular formula is C18H18BrN3OS. The molecule has 124 valence electrons. The number of aryl methyl sites for hydroxylation is 1. The number of carbonyl (C=O) groups excluding carboxylic acids is 1. The van der Waals surface area contributed by atoms with Crippen molar-refractivity contribution in [3.8, 4) is 11.3 Å². The molecule has 4 nitrogen and oxygen atoms in total. The number of hydrogen-bond donors (Lipinski definition) is 1. The van der Waals surface area contributed by atoms with Gasteiger partial charge in [-0.05, 0) is 47.0 Å². The van der Waals surface area contributed by atoms with Crippen LogP contribution in [0.15, 0.2) is 52.3 Å². The van der Waals surface area contributed by atoms with E-state index in [4.69, 9.17) is 0 Å². The predicted octanol–water partition coefficient (Wildman–Crippen LogP) is 4.61. The summed E-state index contributed by atoms with van der Waals surface area (Å²) in [5.41, 5.74) is 3.16. The van der Waals surface area contributed by atoms with E-state index in [0.29, 0.717) is 6.54 Å². The summed E-state index contributed by atoms with van der Waals surface area (Å²) in [6.45, 7) is 0.716. The van der Waals surface area contributed by atoms with Gasteiger partial charge in [0.1, 0.15) is 0 Å². The molecule has 1 aromatic carbocycles. The molecule has 0 unspecified atom stereocenters. The molecule has 0 saturated carbocycles. The van der Waals surface area contributed by atoms with Crippen molar-refractivity contribution in [2.75, 3.05) is 13.6 Å². The molecular weight excluding hydrogens is 386 g/mol. The Morgan fingerprint density at radius 2 is 2.04 bits per heavy atom. The molecule has 0 spiro atoms. The largest absolute Gasteiger partial charge is 0.341 e. The van der Waals surface area contributed by atoms with E-state index in [2.05, 4.69) is 32.2 Å². The van der Waals surface area contributed by atoms with Crippen LogP contribution in [0.4, 0.5) is 0 Å². The molecule has 0 fully saturated rings. The lowest BCUT2D eigenvalue weighted by atomic mass is 10.1. The third-order valence-corrected chi connectivity index (χ3v) is 5.38. The number of H-pyrrole nitrogens is 1. The molecule has 3 rings (SSSR count). The van der Waals surface area contributed by atoms with E-state index in [1.54, 1.807) is 4.90 Å². The van der Waals surface area contributed by atoms with E-state index >= 15 is 0 Å². The minimum absolute atomic E-state index is 0.0697. The zero-order chi connectivity index (χ0) is 16.9. The van der Waals surface area contributed by atoms with Crippen LogP contribution in [0.5, 0.6) is 0 Å². The molecule has 2 aromatic heterocycles. The normalized spacial score (nSPS) is 10.8. The summed E-state index contributed by atoms with van der Waals surface area (Å²) in [5, 5.41) is 7.45. The minimum atomic E-state index is 0.0697. The van der Waals surface area contributed by atoms with Crippen LogP contribution in [-0.2, 0) is 6.42 Å². The fraction of sp³-hybridized carbons (Fsp3) is 0.222. The van der Waals surface area contributed by atoms with Gasteiger partial charge in [-0.25, -0.2) is 0 Å². The monoisotopic (exact) mass is 403 g/mol. The van der Waals surface area contributed by atoms with E-state index in [0.717, 1.165) is 38.5 Å². The average Bonchev–Trinajstić information content (AvgIpc) is 3.24. The molecule has 0 aliphatic rings. The van der Waals surface area contributed by atoms with Gasteiger partial charge in [-0.15, -0.1) is 11.3 Å². The fourth-order valence-electron chi connectivity index (χ4n) is 2.47. The highest BCUT2D eigenvalue weighted by molar-refractivity contribution is 9.11. The summed E-state index contributed by atoms with van der Waals surface area (Å²) < 4.78 is 0.977. The molecule has 1 N–H and O–H groups in total. The molecule has 0 saturated heterocycles. The minimum Gasteiger partial charge on any atom is -0.341 e. The summed E-state index contributed by atoms with van der Waals surface area (Å²) >= 11 is 4.86. The molecule has 3 aromatic rings. The van der Waals surface area contributed by atoms with Crippen molar-refractivity contribution in [1.29, 1.82) is 0 Å². The van der Waals surface area contributed by atoms with Crippen LogP contribution in [0.3, 0.4) is 0 Å². The smallest absolute Gasteiger partial charge is 0.263 e. The molecule has 1 amide bonds. The summed E-state index contributed by atoms with van der Waals surface area (Å²) in [6, 6.07) is 15.9. The Morgan fingerprint density at radius 3 is 2.75 bits per heavy atom. The molecule has 6 heteroatoms. The summed E-state index contributed by atoms with van der Waals surface area (Å²) in [4.78, 5) is 14.8. The molecule has 0 radical (unpaired) electrons. The number of nitrogens with one attached hydrogen (secondary N) is 1. The van der Waals surface area contributed by atoms with Crippen molar-refractivity contribution >= 4 is 33.2 Å². The second kappa shape index (κ2) is 7.77. The van der Waals surface area contributed by atoms with Crippen molar-refractivity contribution < 1.29 is 4.79 Å². The van der Waals surface area contributed by atoms with E-state index in [1.807, 2.05) is 49.5 Å². The number of hydrogen-bond acceptors (Lipinski definition) is 3. The Labute approximate surface area is 153 Å². The summed E-state index contributed by atoms with van der Waals surface area (Å²) in [6.07, 6.45) is 1.76. The van der Waals surface area contributed by atoms with Gasteiger partial charge in [0.25, 0.3) is 5.91 Å². The zero-order valence-electron chi connectivity index (χ0n) is 13.3. The number of amides is 1. The van der Waals surface area contributed by atoms with E-state index < -0.39 is 0 Å². The first-order valence-corrected chi connectivity index (χ1v) is 9.35. The number of benzene rings is 1. The van der Waals surface area contributed by atoms with E-state index in [-0.39, 0.29) is 5.91 Å². The summed E-state index contributed by atoms with van der Waals surface area (Å²) in [5.74, 6) is 0.0697. The Bertz CT molecular complexity index is 813. The summed E-state index contributed by atoms with van der Waals surface area (Å²) in [7, 11) is 1.85. The Kier molecular flexibility index (Phi) is 5.48.